The maximum Gasteiger partial charge on any atom is 0.163 e. The molecule has 0 saturated heterocycles. The highest BCUT2D eigenvalue weighted by Gasteiger charge is 2.48. The van der Waals surface area contributed by atoms with Crippen LogP contribution in [0.1, 0.15) is 78.3 Å². The molecule has 0 aliphatic heterocycles. The second-order valence-corrected chi connectivity index (χ2v) is 9.41. The van der Waals surface area contributed by atoms with Crippen LogP contribution in [0.3, 0.4) is 0 Å². The van der Waals surface area contributed by atoms with Crippen molar-refractivity contribution in [1.29, 1.82) is 0 Å². The lowest BCUT2D eigenvalue weighted by Crippen LogP contribution is -2.37. The minimum atomic E-state index is -1.24. The molecule has 0 radical (unpaired) electrons. The fourth-order valence-corrected chi connectivity index (χ4v) is 4.95. The fraction of sp³-hybridized carbons (Fsp3) is 0.308. The molecule has 2 heterocycles. The molecule has 0 bridgehead atoms. The zero-order valence-electron chi connectivity index (χ0n) is 18.8. The molecule has 1 aliphatic rings. The number of ketones is 2. The average Bonchev–Trinajstić information content (AvgIpc) is 3.31. The largest absolute Gasteiger partial charge is 0.507 e. The zero-order valence-corrected chi connectivity index (χ0v) is 18.8. The van der Waals surface area contributed by atoms with E-state index in [1.54, 1.807) is 19.1 Å². The molecule has 33 heavy (non-hydrogen) atoms. The third kappa shape index (κ3) is 2.99. The molecule has 4 aromatic rings. The summed E-state index contributed by atoms with van der Waals surface area (Å²) in [6, 6.07) is 7.85. The number of hydrogen-bond donors (Lipinski definition) is 3. The van der Waals surface area contributed by atoms with Gasteiger partial charge in [0.25, 0.3) is 0 Å². The summed E-state index contributed by atoms with van der Waals surface area (Å²) in [6.07, 6.45) is 0.909. The number of phenolic OH excluding ortho intramolecular Hbond substituents is 2. The molecule has 7 heteroatoms. The van der Waals surface area contributed by atoms with Crippen molar-refractivity contribution in [2.75, 3.05) is 0 Å². The topological polar surface area (TPSA) is 121 Å². The first-order valence-electron chi connectivity index (χ1n) is 10.7. The van der Waals surface area contributed by atoms with Crippen molar-refractivity contribution in [2.24, 2.45) is 0 Å². The summed E-state index contributed by atoms with van der Waals surface area (Å²) >= 11 is 0. The van der Waals surface area contributed by atoms with Gasteiger partial charge in [0.05, 0.1) is 16.5 Å². The number of carbonyl (C=O) groups excluding carboxylic acids is 2. The summed E-state index contributed by atoms with van der Waals surface area (Å²) < 4.78 is 12.2. The van der Waals surface area contributed by atoms with Gasteiger partial charge in [-0.2, -0.15) is 0 Å². The van der Waals surface area contributed by atoms with Gasteiger partial charge in [0, 0.05) is 28.5 Å². The number of aliphatic hydroxyl groups is 1. The number of fused-ring (bicyclic) bond motifs is 4. The second-order valence-electron chi connectivity index (χ2n) is 9.41. The molecule has 0 fully saturated rings. The SMILES string of the molecule is CC(=O)c1cc2cc([C@]3(C)CC[C@@](C)(O)c4oc5cc(O)c(C(C)=O)cc5c43)oc2cc1O. The number of hydrogen-bond acceptors (Lipinski definition) is 7. The zero-order chi connectivity index (χ0) is 23.9. The number of aromatic hydroxyl groups is 2. The highest BCUT2D eigenvalue weighted by Crippen LogP contribution is 2.53. The second kappa shape index (κ2) is 6.71. The van der Waals surface area contributed by atoms with Gasteiger partial charge in [-0.3, -0.25) is 9.59 Å². The van der Waals surface area contributed by atoms with Crippen LogP contribution in [0.2, 0.25) is 0 Å². The van der Waals surface area contributed by atoms with Gasteiger partial charge in [0.2, 0.25) is 0 Å². The molecule has 2 atom stereocenters. The highest BCUT2D eigenvalue weighted by atomic mass is 16.4. The lowest BCUT2D eigenvalue weighted by Gasteiger charge is -2.38. The lowest BCUT2D eigenvalue weighted by molar-refractivity contribution is 0.00741. The molecule has 5 rings (SSSR count). The van der Waals surface area contributed by atoms with Crippen LogP contribution >= 0.6 is 0 Å². The maximum absolute atomic E-state index is 12.1. The molecule has 1 aliphatic carbocycles. The van der Waals surface area contributed by atoms with E-state index >= 15 is 0 Å². The van der Waals surface area contributed by atoms with Crippen LogP contribution in [-0.2, 0) is 11.0 Å². The standard InChI is InChI=1S/C26H24O7/c1-12(27)15-7-14-8-22(32-20(14)10-18(15)29)25(3)5-6-26(4,31)24-23(25)17-9-16(13(2)28)19(30)11-21(17)33-24/h7-11,29-31H,5-6H2,1-4H3/t25-,26+/m0/s1. The Kier molecular flexibility index (Phi) is 4.33. The predicted molar refractivity (Wildman–Crippen MR) is 121 cm³/mol. The van der Waals surface area contributed by atoms with E-state index in [0.717, 1.165) is 0 Å². The Morgan fingerprint density at radius 1 is 0.848 bits per heavy atom. The van der Waals surface area contributed by atoms with Gasteiger partial charge in [0.15, 0.2) is 11.6 Å². The summed E-state index contributed by atoms with van der Waals surface area (Å²) in [6.45, 7) is 6.41. The normalized spacial score (nSPS) is 22.6. The molecule has 3 N–H and O–H groups in total. The van der Waals surface area contributed by atoms with Crippen molar-refractivity contribution >= 4 is 33.5 Å². The molecule has 0 saturated carbocycles. The molecule has 0 spiro atoms. The first-order chi connectivity index (χ1) is 15.4. The summed E-state index contributed by atoms with van der Waals surface area (Å²) in [5.74, 6) is 0.0667. The van der Waals surface area contributed by atoms with Gasteiger partial charge < -0.3 is 24.2 Å². The van der Waals surface area contributed by atoms with E-state index in [2.05, 4.69) is 0 Å². The van der Waals surface area contributed by atoms with E-state index in [0.29, 0.717) is 51.9 Å². The van der Waals surface area contributed by atoms with Crippen LogP contribution in [0.4, 0.5) is 0 Å². The van der Waals surface area contributed by atoms with E-state index in [1.807, 2.05) is 13.0 Å². The van der Waals surface area contributed by atoms with Crippen LogP contribution in [0.5, 0.6) is 11.5 Å². The highest BCUT2D eigenvalue weighted by molar-refractivity contribution is 6.02. The van der Waals surface area contributed by atoms with Crippen LogP contribution in [0, 0.1) is 0 Å². The van der Waals surface area contributed by atoms with Gasteiger partial charge in [-0.05, 0) is 58.7 Å². The third-order valence-electron chi connectivity index (χ3n) is 6.90. The van der Waals surface area contributed by atoms with Crippen molar-refractivity contribution < 1.29 is 33.7 Å². The minimum absolute atomic E-state index is 0.149. The number of carbonyl (C=O) groups is 2. The summed E-state index contributed by atoms with van der Waals surface area (Å²) in [7, 11) is 0. The quantitative estimate of drug-likeness (QED) is 0.364. The van der Waals surface area contributed by atoms with Gasteiger partial charge in [-0.1, -0.05) is 0 Å². The minimum Gasteiger partial charge on any atom is -0.507 e. The van der Waals surface area contributed by atoms with Gasteiger partial charge in [-0.25, -0.2) is 0 Å². The number of phenols is 2. The Bertz CT molecular complexity index is 1480. The Balaban J connectivity index is 1.80. The first kappa shape index (κ1) is 21.3. The summed E-state index contributed by atoms with van der Waals surface area (Å²) in [5.41, 5.74) is -0.121. The van der Waals surface area contributed by atoms with Crippen molar-refractivity contribution in [1.82, 2.24) is 0 Å². The molecule has 2 aromatic carbocycles. The number of rotatable bonds is 3. The van der Waals surface area contributed by atoms with E-state index in [9.17, 15) is 24.9 Å². The molecule has 170 valence electrons. The fourth-order valence-electron chi connectivity index (χ4n) is 4.95. The van der Waals surface area contributed by atoms with Gasteiger partial charge >= 0.3 is 0 Å². The van der Waals surface area contributed by atoms with E-state index in [4.69, 9.17) is 8.83 Å². The Hall–Kier alpha value is -3.58. The number of furan rings is 2. The van der Waals surface area contributed by atoms with E-state index in [-0.39, 0.29) is 34.2 Å². The maximum atomic E-state index is 12.1. The van der Waals surface area contributed by atoms with Crippen molar-refractivity contribution in [3.63, 3.8) is 0 Å². The van der Waals surface area contributed by atoms with Crippen molar-refractivity contribution in [3.05, 3.63) is 58.5 Å². The molecular formula is C26H24O7. The average molecular weight is 448 g/mol. The molecule has 0 amide bonds. The molecule has 7 nitrogen and oxygen atoms in total. The van der Waals surface area contributed by atoms with Crippen LogP contribution in [0.25, 0.3) is 21.9 Å². The predicted octanol–water partition coefficient (Wildman–Crippen LogP) is 5.30. The smallest absolute Gasteiger partial charge is 0.163 e. The van der Waals surface area contributed by atoms with Crippen LogP contribution in [0.15, 0.2) is 39.2 Å². The first-order valence-corrected chi connectivity index (χ1v) is 10.7. The third-order valence-corrected chi connectivity index (χ3v) is 6.90. The van der Waals surface area contributed by atoms with E-state index < -0.39 is 11.0 Å². The van der Waals surface area contributed by atoms with Gasteiger partial charge in [-0.15, -0.1) is 0 Å². The van der Waals surface area contributed by atoms with Gasteiger partial charge in [0.1, 0.15) is 39.8 Å². The van der Waals surface area contributed by atoms with Crippen LogP contribution < -0.4 is 0 Å². The van der Waals surface area contributed by atoms with E-state index in [1.165, 1.54) is 26.0 Å². The monoisotopic (exact) mass is 448 g/mol. The lowest BCUT2D eigenvalue weighted by atomic mass is 9.67. The Labute approximate surface area is 189 Å². The molecular weight excluding hydrogens is 424 g/mol. The Morgan fingerprint density at radius 3 is 2.09 bits per heavy atom. The number of Topliss-reactive ketones (excluding diaryl/α,β-unsaturated/α-hetero) is 2. The summed E-state index contributed by atoms with van der Waals surface area (Å²) in [4.78, 5) is 23.9. The van der Waals surface area contributed by atoms with Crippen molar-refractivity contribution in [3.8, 4) is 11.5 Å². The Morgan fingerprint density at radius 2 is 1.45 bits per heavy atom. The number of benzene rings is 2. The van der Waals surface area contributed by atoms with Crippen LogP contribution in [-0.4, -0.2) is 26.9 Å². The van der Waals surface area contributed by atoms with Crippen molar-refractivity contribution in [2.45, 2.75) is 51.6 Å². The summed E-state index contributed by atoms with van der Waals surface area (Å²) in [5, 5.41) is 32.9. The molecule has 0 unspecified atom stereocenters. The molecule has 2 aromatic heterocycles.